The van der Waals surface area contributed by atoms with Crippen LogP contribution in [0.25, 0.3) is 0 Å². The standard InChI is InChI=1S/C25H26O3P/c1-5-28-29(22-14-10-7-11-15-22,24(26)21-12-8-6-9-13-21)25(27)23-19(3)16-18(2)17-20(23)4/h6-17H,5H2,1-4H3/q+1. The van der Waals surface area contributed by atoms with Crippen LogP contribution >= 0.6 is 7.49 Å². The van der Waals surface area contributed by atoms with Crippen LogP contribution in [0.15, 0.2) is 72.8 Å². The van der Waals surface area contributed by atoms with E-state index in [1.807, 2.05) is 88.4 Å². The Labute approximate surface area is 173 Å². The minimum Gasteiger partial charge on any atom is -0.243 e. The molecule has 3 rings (SSSR count). The van der Waals surface area contributed by atoms with Crippen LogP contribution in [0.2, 0.25) is 0 Å². The molecule has 0 saturated heterocycles. The fourth-order valence-corrected chi connectivity index (χ4v) is 6.98. The Morgan fingerprint density at radius 2 is 1.31 bits per heavy atom. The van der Waals surface area contributed by atoms with E-state index in [1.54, 1.807) is 12.1 Å². The van der Waals surface area contributed by atoms with E-state index in [2.05, 4.69) is 0 Å². The van der Waals surface area contributed by atoms with Crippen LogP contribution in [0.3, 0.4) is 0 Å². The highest BCUT2D eigenvalue weighted by Gasteiger charge is 2.60. The number of aryl methyl sites for hydroxylation is 3. The molecule has 3 aromatic carbocycles. The fraction of sp³-hybridized carbons (Fsp3) is 0.200. The lowest BCUT2D eigenvalue weighted by Crippen LogP contribution is -2.29. The predicted molar refractivity (Wildman–Crippen MR) is 120 cm³/mol. The van der Waals surface area contributed by atoms with Crippen molar-refractivity contribution in [3.05, 3.63) is 101 Å². The van der Waals surface area contributed by atoms with E-state index in [0.717, 1.165) is 16.7 Å². The number of carbonyl (C=O) groups is 2. The lowest BCUT2D eigenvalue weighted by molar-refractivity contribution is 0.101. The number of benzene rings is 3. The van der Waals surface area contributed by atoms with Crippen molar-refractivity contribution >= 4 is 23.8 Å². The van der Waals surface area contributed by atoms with Gasteiger partial charge in [-0.25, -0.2) is 14.1 Å². The summed E-state index contributed by atoms with van der Waals surface area (Å²) < 4.78 is 6.20. The Hall–Kier alpha value is -2.61. The van der Waals surface area contributed by atoms with Gasteiger partial charge in [-0.2, -0.15) is 0 Å². The maximum atomic E-state index is 14.1. The van der Waals surface area contributed by atoms with Gasteiger partial charge < -0.3 is 0 Å². The van der Waals surface area contributed by atoms with Crippen molar-refractivity contribution in [2.24, 2.45) is 0 Å². The molecule has 1 unspecified atom stereocenters. The van der Waals surface area contributed by atoms with Gasteiger partial charge in [-0.3, -0.25) is 0 Å². The van der Waals surface area contributed by atoms with Crippen LogP contribution in [0.4, 0.5) is 0 Å². The highest BCUT2D eigenvalue weighted by molar-refractivity contribution is 8.06. The Bertz CT molecular complexity index is 1010. The lowest BCUT2D eigenvalue weighted by Gasteiger charge is -2.23. The van der Waals surface area contributed by atoms with Crippen molar-refractivity contribution in [3.8, 4) is 0 Å². The summed E-state index contributed by atoms with van der Waals surface area (Å²) in [5.74, 6) is 0. The summed E-state index contributed by atoms with van der Waals surface area (Å²) in [6.45, 7) is 7.96. The average Bonchev–Trinajstić information content (AvgIpc) is 2.72. The number of carbonyl (C=O) groups excluding carboxylic acids is 2. The van der Waals surface area contributed by atoms with Gasteiger partial charge in [0.2, 0.25) is 0 Å². The molecule has 3 nitrogen and oxygen atoms in total. The van der Waals surface area contributed by atoms with Gasteiger partial charge in [-0.1, -0.05) is 54.1 Å². The van der Waals surface area contributed by atoms with Gasteiger partial charge in [-0.15, -0.1) is 0 Å². The molecule has 0 amide bonds. The topological polar surface area (TPSA) is 43.4 Å². The summed E-state index contributed by atoms with van der Waals surface area (Å²) in [7, 11) is -3.32. The van der Waals surface area contributed by atoms with E-state index < -0.39 is 7.49 Å². The third-order valence-corrected chi connectivity index (χ3v) is 8.22. The van der Waals surface area contributed by atoms with Crippen LogP contribution in [0.1, 0.15) is 44.3 Å². The van der Waals surface area contributed by atoms with Gasteiger partial charge in [0.05, 0.1) is 17.7 Å². The first kappa shape index (κ1) is 21.1. The van der Waals surface area contributed by atoms with E-state index in [9.17, 15) is 9.59 Å². The molecule has 0 aromatic heterocycles. The molecule has 148 valence electrons. The van der Waals surface area contributed by atoms with Gasteiger partial charge >= 0.3 is 18.5 Å². The molecule has 0 saturated carbocycles. The molecular formula is C25H26O3P+. The summed E-state index contributed by atoms with van der Waals surface area (Å²) in [6.07, 6.45) is 0. The number of rotatable bonds is 7. The van der Waals surface area contributed by atoms with Gasteiger partial charge in [0.1, 0.15) is 5.30 Å². The van der Waals surface area contributed by atoms with Crippen LogP contribution < -0.4 is 5.30 Å². The smallest absolute Gasteiger partial charge is 0.243 e. The van der Waals surface area contributed by atoms with E-state index in [0.29, 0.717) is 16.4 Å². The molecule has 0 radical (unpaired) electrons. The van der Waals surface area contributed by atoms with E-state index >= 15 is 0 Å². The van der Waals surface area contributed by atoms with E-state index in [1.165, 1.54) is 0 Å². The zero-order chi connectivity index (χ0) is 21.0. The van der Waals surface area contributed by atoms with Gasteiger partial charge in [-0.05, 0) is 63.1 Å². The lowest BCUT2D eigenvalue weighted by atomic mass is 10.0. The molecule has 3 aromatic rings. The first-order chi connectivity index (χ1) is 13.9. The Morgan fingerprint density at radius 1 is 0.793 bits per heavy atom. The number of hydrogen-bond donors (Lipinski definition) is 0. The highest BCUT2D eigenvalue weighted by atomic mass is 31.2. The Balaban J connectivity index is 2.30. The third-order valence-electron chi connectivity index (χ3n) is 4.93. The van der Waals surface area contributed by atoms with Crippen molar-refractivity contribution in [1.29, 1.82) is 0 Å². The third kappa shape index (κ3) is 3.94. The average molecular weight is 405 g/mol. The van der Waals surface area contributed by atoms with Gasteiger partial charge in [0.15, 0.2) is 0 Å². The maximum absolute atomic E-state index is 14.1. The molecule has 0 bridgehead atoms. The zero-order valence-electron chi connectivity index (χ0n) is 17.3. The van der Waals surface area contributed by atoms with E-state index in [-0.39, 0.29) is 17.7 Å². The summed E-state index contributed by atoms with van der Waals surface area (Å²) in [4.78, 5) is 28.0. The van der Waals surface area contributed by atoms with Crippen LogP contribution in [0, 0.1) is 20.8 Å². The number of hydrogen-bond acceptors (Lipinski definition) is 3. The minimum atomic E-state index is -3.32. The Morgan fingerprint density at radius 3 is 1.83 bits per heavy atom. The molecule has 1 atom stereocenters. The second-order valence-electron chi connectivity index (χ2n) is 7.11. The molecule has 0 fully saturated rings. The molecule has 0 spiro atoms. The summed E-state index contributed by atoms with van der Waals surface area (Å²) >= 11 is 0. The maximum Gasteiger partial charge on any atom is 0.342 e. The quantitative estimate of drug-likeness (QED) is 0.461. The molecule has 4 heteroatoms. The zero-order valence-corrected chi connectivity index (χ0v) is 18.2. The molecule has 0 heterocycles. The van der Waals surface area contributed by atoms with Crippen LogP contribution in [0.5, 0.6) is 0 Å². The summed E-state index contributed by atoms with van der Waals surface area (Å²) in [5, 5.41) is 0.653. The van der Waals surface area contributed by atoms with Gasteiger partial charge in [0, 0.05) is 0 Å². The molecule has 29 heavy (non-hydrogen) atoms. The molecule has 0 aliphatic carbocycles. The monoisotopic (exact) mass is 405 g/mol. The molecule has 0 aliphatic rings. The molecule has 0 aliphatic heterocycles. The summed E-state index contributed by atoms with van der Waals surface area (Å²) in [6, 6.07) is 22.2. The SMILES string of the molecule is CCO[P+](C(=O)c1ccccc1)(C(=O)c1c(C)cc(C)cc1C)c1ccccc1. The van der Waals surface area contributed by atoms with E-state index in [4.69, 9.17) is 4.52 Å². The van der Waals surface area contributed by atoms with Gasteiger partial charge in [0.25, 0.3) is 0 Å². The van der Waals surface area contributed by atoms with Crippen molar-refractivity contribution < 1.29 is 14.1 Å². The normalized spacial score (nSPS) is 13.0. The van der Waals surface area contributed by atoms with Crippen molar-refractivity contribution in [2.45, 2.75) is 27.7 Å². The fourth-order valence-electron chi connectivity index (χ4n) is 3.79. The highest BCUT2D eigenvalue weighted by Crippen LogP contribution is 2.63. The summed E-state index contributed by atoms with van der Waals surface area (Å²) in [5.41, 5.74) is 3.46. The van der Waals surface area contributed by atoms with Crippen molar-refractivity contribution in [1.82, 2.24) is 0 Å². The first-order valence-electron chi connectivity index (χ1n) is 9.73. The predicted octanol–water partition coefficient (Wildman–Crippen LogP) is 5.89. The van der Waals surface area contributed by atoms with Crippen LogP contribution in [-0.2, 0) is 4.52 Å². The second kappa shape index (κ2) is 8.82. The minimum absolute atomic E-state index is 0.214. The molecular weight excluding hydrogens is 379 g/mol. The molecule has 0 N–H and O–H groups in total. The largest absolute Gasteiger partial charge is 0.342 e. The van der Waals surface area contributed by atoms with Crippen molar-refractivity contribution in [3.63, 3.8) is 0 Å². The van der Waals surface area contributed by atoms with Crippen LogP contribution in [-0.4, -0.2) is 17.7 Å². The first-order valence-corrected chi connectivity index (χ1v) is 11.4. The Kier molecular flexibility index (Phi) is 6.42. The second-order valence-corrected chi connectivity index (χ2v) is 9.92. The van der Waals surface area contributed by atoms with Crippen molar-refractivity contribution in [2.75, 3.05) is 6.61 Å².